The number of anilines is 1. The maximum absolute atomic E-state index is 12.7. The van der Waals surface area contributed by atoms with E-state index in [2.05, 4.69) is 16.9 Å². The maximum atomic E-state index is 12.7. The lowest BCUT2D eigenvalue weighted by Crippen LogP contribution is -2.13. The van der Waals surface area contributed by atoms with Crippen LogP contribution in [-0.4, -0.2) is 24.6 Å². The molecule has 2 aromatic carbocycles. The van der Waals surface area contributed by atoms with Crippen molar-refractivity contribution in [1.82, 2.24) is 4.98 Å². The summed E-state index contributed by atoms with van der Waals surface area (Å²) in [5.41, 5.74) is 3.26. The summed E-state index contributed by atoms with van der Waals surface area (Å²) >= 11 is 3.24. The van der Waals surface area contributed by atoms with Crippen LogP contribution in [0, 0.1) is 13.8 Å². The predicted molar refractivity (Wildman–Crippen MR) is 119 cm³/mol. The summed E-state index contributed by atoms with van der Waals surface area (Å²) in [6, 6.07) is 11.0. The van der Waals surface area contributed by atoms with E-state index in [1.54, 1.807) is 54.5 Å². The van der Waals surface area contributed by atoms with E-state index in [9.17, 15) is 4.79 Å². The third-order valence-electron chi connectivity index (χ3n) is 4.03. The molecule has 0 bridgehead atoms. The second-order valence-corrected chi connectivity index (χ2v) is 8.43. The van der Waals surface area contributed by atoms with Crippen molar-refractivity contribution < 1.29 is 14.3 Å². The van der Waals surface area contributed by atoms with Gasteiger partial charge in [0, 0.05) is 27.2 Å². The smallest absolute Gasteiger partial charge is 0.255 e. The molecule has 150 valence electrons. The molecule has 29 heavy (non-hydrogen) atoms. The molecule has 1 aromatic heterocycles. The van der Waals surface area contributed by atoms with E-state index in [1.807, 2.05) is 37.4 Å². The Morgan fingerprint density at radius 2 is 2.07 bits per heavy atom. The topological polar surface area (TPSA) is 60.5 Å². The molecule has 0 aliphatic rings. The van der Waals surface area contributed by atoms with Crippen molar-refractivity contribution in [3.05, 3.63) is 71.3 Å². The number of hydrogen-bond donors (Lipinski definition) is 1. The molecule has 0 fully saturated rings. The Kier molecular flexibility index (Phi) is 6.95. The van der Waals surface area contributed by atoms with Crippen molar-refractivity contribution in [1.29, 1.82) is 0 Å². The molecule has 0 radical (unpaired) electrons. The third kappa shape index (κ3) is 5.40. The zero-order valence-corrected chi connectivity index (χ0v) is 18.2. The summed E-state index contributed by atoms with van der Waals surface area (Å²) < 4.78 is 11.9. The summed E-state index contributed by atoms with van der Waals surface area (Å²) in [4.78, 5) is 18.3. The summed E-state index contributed by atoms with van der Waals surface area (Å²) in [6.07, 6.45) is 1.65. The second-order valence-electron chi connectivity index (χ2n) is 6.25. The second kappa shape index (κ2) is 9.62. The first-order chi connectivity index (χ1) is 14.0. The van der Waals surface area contributed by atoms with Crippen LogP contribution in [0.1, 0.15) is 21.6 Å². The highest BCUT2D eigenvalue weighted by Crippen LogP contribution is 2.33. The van der Waals surface area contributed by atoms with Crippen molar-refractivity contribution in [3.63, 3.8) is 0 Å². The lowest BCUT2D eigenvalue weighted by molar-refractivity contribution is 0.102. The molecule has 0 aliphatic carbocycles. The first-order valence-electron chi connectivity index (χ1n) is 8.94. The fourth-order valence-electron chi connectivity index (χ4n) is 2.59. The van der Waals surface area contributed by atoms with Crippen LogP contribution in [0.4, 0.5) is 5.69 Å². The number of methoxy groups -OCH3 is 1. The Bertz CT molecular complexity index is 1030. The average molecular weight is 427 g/mol. The number of nitrogens with zero attached hydrogens (tertiary/aromatic N) is 1. The highest BCUT2D eigenvalue weighted by molar-refractivity contribution is 8.01. The molecule has 0 saturated carbocycles. The quantitative estimate of drug-likeness (QED) is 0.466. The minimum absolute atomic E-state index is 0.211. The number of carbonyl (C=O) groups is 1. The number of hydrogen-bond acceptors (Lipinski definition) is 6. The Labute approximate surface area is 178 Å². The minimum Gasteiger partial charge on any atom is -0.493 e. The van der Waals surface area contributed by atoms with E-state index in [-0.39, 0.29) is 5.91 Å². The van der Waals surface area contributed by atoms with Gasteiger partial charge in [0.1, 0.15) is 6.61 Å². The molecule has 0 aliphatic heterocycles. The highest BCUT2D eigenvalue weighted by Gasteiger charge is 2.13. The molecule has 0 atom stereocenters. The first-order valence-corrected chi connectivity index (χ1v) is 10.6. The Morgan fingerprint density at radius 3 is 2.72 bits per heavy atom. The zero-order chi connectivity index (χ0) is 20.8. The Balaban J connectivity index is 1.72. The van der Waals surface area contributed by atoms with Crippen LogP contribution in [0.2, 0.25) is 0 Å². The maximum Gasteiger partial charge on any atom is 0.255 e. The number of aryl methyl sites for hydroxylation is 2. The summed E-state index contributed by atoms with van der Waals surface area (Å²) in [6.45, 7) is 7.95. The van der Waals surface area contributed by atoms with Crippen molar-refractivity contribution >= 4 is 34.7 Å². The number of thiazole rings is 1. The van der Waals surface area contributed by atoms with Gasteiger partial charge < -0.3 is 14.8 Å². The van der Waals surface area contributed by atoms with Crippen LogP contribution < -0.4 is 14.8 Å². The molecule has 7 heteroatoms. The first kappa shape index (κ1) is 21.0. The van der Waals surface area contributed by atoms with E-state index >= 15 is 0 Å². The molecule has 1 amide bonds. The van der Waals surface area contributed by atoms with Gasteiger partial charge in [-0.15, -0.1) is 11.3 Å². The zero-order valence-electron chi connectivity index (χ0n) is 16.5. The van der Waals surface area contributed by atoms with E-state index in [4.69, 9.17) is 9.47 Å². The number of amides is 1. The van der Waals surface area contributed by atoms with E-state index in [1.165, 1.54) is 0 Å². The Hall–Kier alpha value is -2.77. The Morgan fingerprint density at radius 1 is 1.24 bits per heavy atom. The molecule has 0 saturated heterocycles. The SMILES string of the molecule is C=CCOc1ccc(C(=O)Nc2ccc(Sc3nc(C)cs3)cc2C)cc1OC. The summed E-state index contributed by atoms with van der Waals surface area (Å²) in [5, 5.41) is 5.00. The fraction of sp³-hybridized carbons (Fsp3) is 0.182. The van der Waals surface area contributed by atoms with Gasteiger partial charge in [0.15, 0.2) is 15.8 Å². The van der Waals surface area contributed by atoms with Crippen LogP contribution in [0.3, 0.4) is 0 Å². The van der Waals surface area contributed by atoms with Crippen molar-refractivity contribution in [2.45, 2.75) is 23.1 Å². The number of rotatable bonds is 8. The molecule has 1 N–H and O–H groups in total. The lowest BCUT2D eigenvalue weighted by Gasteiger charge is -2.13. The third-order valence-corrected chi connectivity index (χ3v) is 6.08. The van der Waals surface area contributed by atoms with Crippen LogP contribution in [0.25, 0.3) is 0 Å². The van der Waals surface area contributed by atoms with E-state index in [0.29, 0.717) is 23.7 Å². The molecule has 5 nitrogen and oxygen atoms in total. The van der Waals surface area contributed by atoms with Crippen LogP contribution in [0.5, 0.6) is 11.5 Å². The van der Waals surface area contributed by atoms with Gasteiger partial charge in [-0.1, -0.05) is 24.4 Å². The number of aromatic nitrogens is 1. The van der Waals surface area contributed by atoms with Gasteiger partial charge in [-0.05, 0) is 55.8 Å². The van der Waals surface area contributed by atoms with Gasteiger partial charge >= 0.3 is 0 Å². The number of carbonyl (C=O) groups excluding carboxylic acids is 1. The molecular weight excluding hydrogens is 404 g/mol. The number of ether oxygens (including phenoxy) is 2. The summed E-state index contributed by atoms with van der Waals surface area (Å²) in [5.74, 6) is 0.860. The van der Waals surface area contributed by atoms with E-state index in [0.717, 1.165) is 26.2 Å². The van der Waals surface area contributed by atoms with Crippen molar-refractivity contribution in [3.8, 4) is 11.5 Å². The molecule has 1 heterocycles. The van der Waals surface area contributed by atoms with Gasteiger partial charge in [0.05, 0.1) is 7.11 Å². The fourth-order valence-corrected chi connectivity index (χ4v) is 4.50. The van der Waals surface area contributed by atoms with Gasteiger partial charge in [-0.3, -0.25) is 4.79 Å². The standard InChI is InChI=1S/C22H22N2O3S2/c1-5-10-27-19-9-6-16(12-20(19)26-4)21(25)24-18-8-7-17(11-14(18)2)29-22-23-15(3)13-28-22/h5-9,11-13H,1,10H2,2-4H3,(H,24,25). The van der Waals surface area contributed by atoms with Crippen LogP contribution in [-0.2, 0) is 0 Å². The largest absolute Gasteiger partial charge is 0.493 e. The highest BCUT2D eigenvalue weighted by atomic mass is 32.2. The molecule has 3 rings (SSSR count). The average Bonchev–Trinajstić information content (AvgIpc) is 3.12. The molecule has 0 unspecified atom stereocenters. The van der Waals surface area contributed by atoms with Crippen molar-refractivity contribution in [2.24, 2.45) is 0 Å². The van der Waals surface area contributed by atoms with Crippen LogP contribution >= 0.6 is 23.1 Å². The molecule has 3 aromatic rings. The molecule has 0 spiro atoms. The lowest BCUT2D eigenvalue weighted by atomic mass is 10.1. The number of benzene rings is 2. The monoisotopic (exact) mass is 426 g/mol. The van der Waals surface area contributed by atoms with Gasteiger partial charge in [0.25, 0.3) is 5.91 Å². The van der Waals surface area contributed by atoms with Crippen LogP contribution in [0.15, 0.2) is 63.7 Å². The van der Waals surface area contributed by atoms with Gasteiger partial charge in [0.2, 0.25) is 0 Å². The van der Waals surface area contributed by atoms with Gasteiger partial charge in [-0.25, -0.2) is 4.98 Å². The predicted octanol–water partition coefficient (Wildman–Crippen LogP) is 5.74. The summed E-state index contributed by atoms with van der Waals surface area (Å²) in [7, 11) is 1.54. The van der Waals surface area contributed by atoms with Gasteiger partial charge in [-0.2, -0.15) is 0 Å². The van der Waals surface area contributed by atoms with Crippen molar-refractivity contribution in [2.75, 3.05) is 19.0 Å². The number of nitrogens with one attached hydrogen (secondary N) is 1. The molecular formula is C22H22N2O3S2. The van der Waals surface area contributed by atoms with E-state index < -0.39 is 0 Å². The normalized spacial score (nSPS) is 10.4. The minimum atomic E-state index is -0.211.